The minimum absolute atomic E-state index is 0.0907. The number of benzene rings is 1. The van der Waals surface area contributed by atoms with Crippen LogP contribution in [0.4, 0.5) is 0 Å². The Kier molecular flexibility index (Phi) is 4.72. The molecule has 5 rings (SSSR count). The lowest BCUT2D eigenvalue weighted by Crippen LogP contribution is -2.38. The van der Waals surface area contributed by atoms with E-state index in [1.807, 2.05) is 24.3 Å². The third-order valence-corrected chi connectivity index (χ3v) is 6.06. The number of nitrogens with one attached hydrogen (secondary N) is 1. The summed E-state index contributed by atoms with van der Waals surface area (Å²) in [5.74, 6) is 0.380. The molecule has 4 atom stereocenters. The highest BCUT2D eigenvalue weighted by Crippen LogP contribution is 2.49. The number of amides is 3. The zero-order chi connectivity index (χ0) is 19.0. The Balaban J connectivity index is 1.30. The summed E-state index contributed by atoms with van der Waals surface area (Å²) in [7, 11) is 1.61. The molecule has 1 aliphatic heterocycles. The number of carbonyl (C=O) groups excluding carboxylic acids is 3. The second kappa shape index (κ2) is 7.18. The molecular weight excluding hydrogens is 344 g/mol. The van der Waals surface area contributed by atoms with E-state index in [2.05, 4.69) is 17.5 Å². The molecule has 1 saturated heterocycles. The second-order valence-electron chi connectivity index (χ2n) is 7.54. The highest BCUT2D eigenvalue weighted by molar-refractivity contribution is 6.06. The summed E-state index contributed by atoms with van der Waals surface area (Å²) in [5, 5.41) is 2.84. The van der Waals surface area contributed by atoms with Gasteiger partial charge < -0.3 is 10.1 Å². The number of hydrogen-bond acceptors (Lipinski definition) is 4. The molecule has 3 aliphatic carbocycles. The summed E-state index contributed by atoms with van der Waals surface area (Å²) < 4.78 is 5.11. The third kappa shape index (κ3) is 3.24. The summed E-state index contributed by atoms with van der Waals surface area (Å²) >= 11 is 0. The van der Waals surface area contributed by atoms with E-state index in [0.29, 0.717) is 6.54 Å². The van der Waals surface area contributed by atoms with Gasteiger partial charge in [-0.25, -0.2) is 0 Å². The van der Waals surface area contributed by atoms with Crippen molar-refractivity contribution in [1.29, 1.82) is 0 Å². The first-order valence-corrected chi connectivity index (χ1v) is 9.51. The van der Waals surface area contributed by atoms with Crippen LogP contribution in [0.5, 0.6) is 5.75 Å². The molecule has 0 radical (unpaired) electrons. The number of rotatable bonds is 6. The standard InChI is InChI=1S/C21H24N2O4/c1-27-16-8-2-13(3-9-16)12-22-17(24)10-11-23-20(25)18-14-4-5-15(7-6-14)19(18)21(23)26/h2-5,8-9,14-15,18-19H,6-7,10-12H2,1H3,(H,22,24)/t14-,15-,18-,19-/m0/s1. The van der Waals surface area contributed by atoms with Gasteiger partial charge in [-0.05, 0) is 42.4 Å². The Bertz CT molecular complexity index is 754. The van der Waals surface area contributed by atoms with Crippen LogP contribution in [0.15, 0.2) is 36.4 Å². The van der Waals surface area contributed by atoms with Crippen LogP contribution in [0.2, 0.25) is 0 Å². The van der Waals surface area contributed by atoms with E-state index < -0.39 is 0 Å². The van der Waals surface area contributed by atoms with Crippen molar-refractivity contribution in [3.05, 3.63) is 42.0 Å². The minimum atomic E-state index is -0.205. The highest BCUT2D eigenvalue weighted by atomic mass is 16.5. The molecule has 3 amide bonds. The topological polar surface area (TPSA) is 75.7 Å². The van der Waals surface area contributed by atoms with Gasteiger partial charge in [-0.15, -0.1) is 0 Å². The molecule has 1 N–H and O–H groups in total. The average molecular weight is 368 g/mol. The number of methoxy groups -OCH3 is 1. The van der Waals surface area contributed by atoms with E-state index in [-0.39, 0.29) is 54.4 Å². The van der Waals surface area contributed by atoms with Gasteiger partial charge in [-0.1, -0.05) is 24.3 Å². The Morgan fingerprint density at radius 2 is 1.67 bits per heavy atom. The van der Waals surface area contributed by atoms with Crippen molar-refractivity contribution in [2.75, 3.05) is 13.7 Å². The van der Waals surface area contributed by atoms with Crippen molar-refractivity contribution < 1.29 is 19.1 Å². The summed E-state index contributed by atoms with van der Waals surface area (Å²) in [4.78, 5) is 38.9. The number of imide groups is 1. The lowest BCUT2D eigenvalue weighted by atomic mass is 9.63. The Morgan fingerprint density at radius 1 is 1.07 bits per heavy atom. The Morgan fingerprint density at radius 3 is 2.19 bits per heavy atom. The molecular formula is C21H24N2O4. The summed E-state index contributed by atoms with van der Waals surface area (Å²) in [6.07, 6.45) is 6.31. The number of fused-ring (bicyclic) bond motifs is 1. The first kappa shape index (κ1) is 17.8. The van der Waals surface area contributed by atoms with E-state index in [1.54, 1.807) is 7.11 Å². The van der Waals surface area contributed by atoms with Crippen LogP contribution in [0.1, 0.15) is 24.8 Å². The molecule has 0 aromatic heterocycles. The Hall–Kier alpha value is -2.63. The van der Waals surface area contributed by atoms with Crippen LogP contribution in [-0.4, -0.2) is 36.3 Å². The van der Waals surface area contributed by atoms with Crippen molar-refractivity contribution in [2.24, 2.45) is 23.7 Å². The maximum Gasteiger partial charge on any atom is 0.233 e. The highest BCUT2D eigenvalue weighted by Gasteiger charge is 2.56. The van der Waals surface area contributed by atoms with Gasteiger partial charge in [0, 0.05) is 19.5 Å². The molecule has 1 aromatic rings. The van der Waals surface area contributed by atoms with Crippen LogP contribution in [0.25, 0.3) is 0 Å². The third-order valence-electron chi connectivity index (χ3n) is 6.06. The van der Waals surface area contributed by atoms with Gasteiger partial charge in [-0.2, -0.15) is 0 Å². The number of carbonyl (C=O) groups is 3. The molecule has 6 nitrogen and oxygen atoms in total. The largest absolute Gasteiger partial charge is 0.497 e. The predicted molar refractivity (Wildman–Crippen MR) is 98.5 cm³/mol. The number of hydrogen-bond donors (Lipinski definition) is 1. The molecule has 27 heavy (non-hydrogen) atoms. The van der Waals surface area contributed by atoms with E-state index in [4.69, 9.17) is 4.74 Å². The van der Waals surface area contributed by atoms with Gasteiger partial charge >= 0.3 is 0 Å². The molecule has 0 unspecified atom stereocenters. The van der Waals surface area contributed by atoms with Crippen molar-refractivity contribution in [3.8, 4) is 5.75 Å². The van der Waals surface area contributed by atoms with Crippen LogP contribution in [0.3, 0.4) is 0 Å². The first-order chi connectivity index (χ1) is 13.1. The van der Waals surface area contributed by atoms with E-state index in [1.165, 1.54) is 4.90 Å². The number of ether oxygens (including phenoxy) is 1. The fourth-order valence-electron chi connectivity index (χ4n) is 4.60. The zero-order valence-electron chi connectivity index (χ0n) is 15.4. The van der Waals surface area contributed by atoms with Gasteiger partial charge in [0.05, 0.1) is 18.9 Å². The molecule has 1 saturated carbocycles. The van der Waals surface area contributed by atoms with Crippen molar-refractivity contribution in [3.63, 3.8) is 0 Å². The van der Waals surface area contributed by atoms with Gasteiger partial charge in [0.1, 0.15) is 5.75 Å². The summed E-state index contributed by atoms with van der Waals surface area (Å²) in [5.41, 5.74) is 0.964. The molecule has 142 valence electrons. The number of nitrogens with zero attached hydrogens (tertiary/aromatic N) is 1. The van der Waals surface area contributed by atoms with Gasteiger partial charge in [0.15, 0.2) is 0 Å². The van der Waals surface area contributed by atoms with Gasteiger partial charge in [0.2, 0.25) is 17.7 Å². The number of likely N-dealkylation sites (tertiary alicyclic amines) is 1. The van der Waals surface area contributed by atoms with Crippen LogP contribution >= 0.6 is 0 Å². The van der Waals surface area contributed by atoms with E-state index >= 15 is 0 Å². The number of allylic oxidation sites excluding steroid dienone is 2. The molecule has 4 aliphatic rings. The normalized spacial score (nSPS) is 28.4. The summed E-state index contributed by atoms with van der Waals surface area (Å²) in [6, 6.07) is 7.46. The molecule has 2 bridgehead atoms. The van der Waals surface area contributed by atoms with Crippen LogP contribution < -0.4 is 10.1 Å². The molecule has 1 heterocycles. The summed E-state index contributed by atoms with van der Waals surface area (Å²) in [6.45, 7) is 0.572. The minimum Gasteiger partial charge on any atom is -0.497 e. The fraction of sp³-hybridized carbons (Fsp3) is 0.476. The molecule has 6 heteroatoms. The monoisotopic (exact) mass is 368 g/mol. The molecule has 1 aromatic carbocycles. The average Bonchev–Trinajstić information content (AvgIpc) is 2.98. The fourth-order valence-corrected chi connectivity index (χ4v) is 4.60. The maximum absolute atomic E-state index is 12.7. The quantitative estimate of drug-likeness (QED) is 0.615. The van der Waals surface area contributed by atoms with E-state index in [9.17, 15) is 14.4 Å². The Labute approximate surface area is 158 Å². The van der Waals surface area contributed by atoms with Crippen LogP contribution in [0, 0.1) is 23.7 Å². The lowest BCUT2D eigenvalue weighted by Gasteiger charge is -2.38. The van der Waals surface area contributed by atoms with Crippen molar-refractivity contribution in [2.45, 2.75) is 25.8 Å². The van der Waals surface area contributed by atoms with E-state index in [0.717, 1.165) is 24.2 Å². The van der Waals surface area contributed by atoms with Gasteiger partial charge in [-0.3, -0.25) is 19.3 Å². The lowest BCUT2D eigenvalue weighted by molar-refractivity contribution is -0.140. The SMILES string of the molecule is COc1ccc(CNC(=O)CCN2C(=O)[C@@H]3[C@@H](C2=O)[C@H]2C=C[C@H]3CC2)cc1. The second-order valence-corrected chi connectivity index (χ2v) is 7.54. The maximum atomic E-state index is 12.7. The molecule has 2 fully saturated rings. The van der Waals surface area contributed by atoms with Crippen molar-refractivity contribution >= 4 is 17.7 Å². The van der Waals surface area contributed by atoms with Crippen LogP contribution in [-0.2, 0) is 20.9 Å². The molecule has 0 spiro atoms. The smallest absolute Gasteiger partial charge is 0.233 e. The zero-order valence-corrected chi connectivity index (χ0v) is 15.4. The first-order valence-electron chi connectivity index (χ1n) is 9.51. The van der Waals surface area contributed by atoms with Gasteiger partial charge in [0.25, 0.3) is 0 Å². The van der Waals surface area contributed by atoms with Crippen molar-refractivity contribution in [1.82, 2.24) is 10.2 Å². The predicted octanol–water partition coefficient (Wildman–Crippen LogP) is 1.90.